The molecule has 26 heavy (non-hydrogen) atoms. The van der Waals surface area contributed by atoms with E-state index in [1.165, 1.54) is 0 Å². The standard InChI is InChI=1S/C12H11F9O4S/c13-9(14,11(17,18)19)10(15,16)12(20,21)26(23,24)25-8-5-1-2-6(8)4-7(22)3-5/h5-6,8H,1-4H2/t5-,6+,8?. The van der Waals surface area contributed by atoms with E-state index < -0.39 is 51.3 Å². The van der Waals surface area contributed by atoms with Crippen LogP contribution in [0.5, 0.6) is 0 Å². The van der Waals surface area contributed by atoms with Gasteiger partial charge in [0.05, 0.1) is 6.10 Å². The quantitative estimate of drug-likeness (QED) is 0.503. The third-order valence-corrected chi connectivity index (χ3v) is 5.84. The van der Waals surface area contributed by atoms with Crippen molar-refractivity contribution in [1.29, 1.82) is 0 Å². The number of hydrogen-bond donors (Lipinski definition) is 0. The molecule has 2 saturated carbocycles. The maximum Gasteiger partial charge on any atom is 0.460 e. The van der Waals surface area contributed by atoms with E-state index in [0.29, 0.717) is 0 Å². The molecule has 0 amide bonds. The molecule has 14 heteroatoms. The van der Waals surface area contributed by atoms with Gasteiger partial charge in [-0.05, 0) is 24.7 Å². The maximum absolute atomic E-state index is 13.6. The average molecular weight is 422 g/mol. The van der Waals surface area contributed by atoms with Crippen molar-refractivity contribution in [3.63, 3.8) is 0 Å². The highest BCUT2D eigenvalue weighted by Gasteiger charge is 2.86. The van der Waals surface area contributed by atoms with Gasteiger partial charge in [-0.25, -0.2) is 0 Å². The summed E-state index contributed by atoms with van der Waals surface area (Å²) in [7, 11) is -6.88. The first-order valence-electron chi connectivity index (χ1n) is 7.10. The average Bonchev–Trinajstić information content (AvgIpc) is 2.68. The Hall–Kier alpha value is -1.05. The molecular weight excluding hydrogens is 411 g/mol. The Bertz CT molecular complexity index is 669. The summed E-state index contributed by atoms with van der Waals surface area (Å²) in [6, 6.07) is 0. The van der Waals surface area contributed by atoms with E-state index in [0.717, 1.165) is 0 Å². The Balaban J connectivity index is 2.34. The molecule has 0 aromatic carbocycles. The van der Waals surface area contributed by atoms with Crippen LogP contribution in [0.1, 0.15) is 25.7 Å². The van der Waals surface area contributed by atoms with Crippen LogP contribution in [-0.4, -0.2) is 43.6 Å². The van der Waals surface area contributed by atoms with Gasteiger partial charge in [0.25, 0.3) is 0 Å². The fourth-order valence-electron chi connectivity index (χ4n) is 3.13. The number of alkyl halides is 9. The van der Waals surface area contributed by atoms with E-state index in [4.69, 9.17) is 0 Å². The Labute approximate surface area is 140 Å². The van der Waals surface area contributed by atoms with Crippen LogP contribution in [0.2, 0.25) is 0 Å². The SMILES string of the molecule is O=C1C[C@H]2CC[C@@H](C1)C2OS(=O)(=O)C(F)(F)C(F)(F)C(F)(F)C(F)(F)F. The Morgan fingerprint density at radius 3 is 1.62 bits per heavy atom. The first kappa shape index (κ1) is 21.3. The maximum atomic E-state index is 13.6. The highest BCUT2D eigenvalue weighted by molar-refractivity contribution is 7.87. The van der Waals surface area contributed by atoms with Crippen molar-refractivity contribution in [3.05, 3.63) is 0 Å². The number of rotatable bonds is 5. The molecule has 4 nitrogen and oxygen atoms in total. The number of ketones is 1. The van der Waals surface area contributed by atoms with E-state index in [1.807, 2.05) is 0 Å². The van der Waals surface area contributed by atoms with Crippen LogP contribution in [0.15, 0.2) is 0 Å². The predicted molar refractivity (Wildman–Crippen MR) is 65.1 cm³/mol. The molecule has 0 aromatic heterocycles. The van der Waals surface area contributed by atoms with Gasteiger partial charge in [0.1, 0.15) is 5.78 Å². The lowest BCUT2D eigenvalue weighted by atomic mass is 9.85. The molecule has 2 fully saturated rings. The third-order valence-electron chi connectivity index (χ3n) is 4.48. The first-order valence-corrected chi connectivity index (χ1v) is 8.51. The zero-order valence-electron chi connectivity index (χ0n) is 12.5. The molecule has 0 spiro atoms. The zero-order chi connectivity index (χ0) is 20.3. The third kappa shape index (κ3) is 2.98. The van der Waals surface area contributed by atoms with E-state index >= 15 is 0 Å². The van der Waals surface area contributed by atoms with Gasteiger partial charge in [0.2, 0.25) is 0 Å². The van der Waals surface area contributed by atoms with E-state index in [9.17, 15) is 52.7 Å². The molecule has 0 aromatic rings. The lowest BCUT2D eigenvalue weighted by Crippen LogP contribution is -2.63. The van der Waals surface area contributed by atoms with Gasteiger partial charge in [-0.1, -0.05) is 0 Å². The van der Waals surface area contributed by atoms with Crippen LogP contribution < -0.4 is 0 Å². The van der Waals surface area contributed by atoms with Crippen LogP contribution in [0, 0.1) is 11.8 Å². The van der Waals surface area contributed by atoms with Gasteiger partial charge < -0.3 is 0 Å². The molecule has 0 radical (unpaired) electrons. The fourth-order valence-corrected chi connectivity index (χ4v) is 4.30. The Kier molecular flexibility index (Phi) is 4.88. The minimum absolute atomic E-state index is 0.136. The summed E-state index contributed by atoms with van der Waals surface area (Å²) < 4.78 is 142. The van der Waals surface area contributed by atoms with E-state index in [2.05, 4.69) is 4.18 Å². The van der Waals surface area contributed by atoms with E-state index in [-0.39, 0.29) is 31.5 Å². The molecular formula is C12H11F9O4S. The monoisotopic (exact) mass is 422 g/mol. The largest absolute Gasteiger partial charge is 0.460 e. The summed E-state index contributed by atoms with van der Waals surface area (Å²) in [5.74, 6) is -16.9. The molecule has 3 atom stereocenters. The molecule has 1 unspecified atom stereocenters. The second-order valence-corrected chi connectivity index (χ2v) is 7.84. The van der Waals surface area contributed by atoms with Crippen LogP contribution in [0.25, 0.3) is 0 Å². The number of hydrogen-bond acceptors (Lipinski definition) is 4. The summed E-state index contributed by atoms with van der Waals surface area (Å²) in [4.78, 5) is 11.3. The molecule has 2 bridgehead atoms. The smallest absolute Gasteiger partial charge is 0.300 e. The highest BCUT2D eigenvalue weighted by Crippen LogP contribution is 2.55. The molecule has 0 aliphatic heterocycles. The van der Waals surface area contributed by atoms with Crippen molar-refractivity contribution in [3.8, 4) is 0 Å². The van der Waals surface area contributed by atoms with Crippen LogP contribution >= 0.6 is 0 Å². The van der Waals surface area contributed by atoms with Gasteiger partial charge in [-0.3, -0.25) is 8.98 Å². The van der Waals surface area contributed by atoms with Crippen molar-refractivity contribution < 1.29 is 56.9 Å². The second-order valence-electron chi connectivity index (χ2n) is 6.22. The van der Waals surface area contributed by atoms with Gasteiger partial charge >= 0.3 is 33.4 Å². The van der Waals surface area contributed by atoms with Crippen molar-refractivity contribution in [1.82, 2.24) is 0 Å². The van der Waals surface area contributed by atoms with Crippen molar-refractivity contribution in [2.45, 2.75) is 55.1 Å². The molecule has 0 heterocycles. The molecule has 2 rings (SSSR count). The molecule has 2 aliphatic rings. The van der Waals surface area contributed by atoms with Gasteiger partial charge in [0.15, 0.2) is 0 Å². The summed E-state index contributed by atoms with van der Waals surface area (Å²) in [5.41, 5.74) is 0. The zero-order valence-corrected chi connectivity index (χ0v) is 13.3. The number of fused-ring (bicyclic) bond motifs is 2. The minimum Gasteiger partial charge on any atom is -0.300 e. The predicted octanol–water partition coefficient (Wildman–Crippen LogP) is 3.52. The van der Waals surface area contributed by atoms with Crippen molar-refractivity contribution in [2.24, 2.45) is 11.8 Å². The fraction of sp³-hybridized carbons (Fsp3) is 0.917. The summed E-state index contributed by atoms with van der Waals surface area (Å²) in [5, 5.41) is -6.86. The lowest BCUT2D eigenvalue weighted by Gasteiger charge is -2.35. The topological polar surface area (TPSA) is 60.4 Å². The summed E-state index contributed by atoms with van der Waals surface area (Å²) >= 11 is 0. The van der Waals surface area contributed by atoms with E-state index in [1.54, 1.807) is 0 Å². The molecule has 2 aliphatic carbocycles. The molecule has 152 valence electrons. The minimum atomic E-state index is -7.33. The second kappa shape index (κ2) is 5.97. The number of carbonyl (C=O) groups is 1. The Morgan fingerprint density at radius 1 is 0.808 bits per heavy atom. The van der Waals surface area contributed by atoms with Gasteiger partial charge in [-0.15, -0.1) is 0 Å². The van der Waals surface area contributed by atoms with Crippen molar-refractivity contribution >= 4 is 15.9 Å². The number of Topliss-reactive ketones (excluding diaryl/α,β-unsaturated/α-hetero) is 1. The van der Waals surface area contributed by atoms with Gasteiger partial charge in [-0.2, -0.15) is 47.9 Å². The summed E-state index contributed by atoms with van der Waals surface area (Å²) in [6.07, 6.45) is -9.12. The van der Waals surface area contributed by atoms with Crippen LogP contribution in [0.3, 0.4) is 0 Å². The normalized spacial score (nSPS) is 28.5. The molecule has 0 N–H and O–H groups in total. The molecule has 0 saturated heterocycles. The van der Waals surface area contributed by atoms with Crippen molar-refractivity contribution in [2.75, 3.05) is 0 Å². The number of halogens is 9. The van der Waals surface area contributed by atoms with Crippen LogP contribution in [0.4, 0.5) is 39.5 Å². The van der Waals surface area contributed by atoms with Gasteiger partial charge in [0, 0.05) is 12.8 Å². The number of carbonyl (C=O) groups excluding carboxylic acids is 1. The lowest BCUT2D eigenvalue weighted by molar-refractivity contribution is -0.383. The summed E-state index contributed by atoms with van der Waals surface area (Å²) in [6.45, 7) is 0. The van der Waals surface area contributed by atoms with Crippen LogP contribution in [-0.2, 0) is 19.1 Å². The Morgan fingerprint density at radius 2 is 1.23 bits per heavy atom. The first-order chi connectivity index (χ1) is 11.5. The highest BCUT2D eigenvalue weighted by atomic mass is 32.2.